The van der Waals surface area contributed by atoms with E-state index in [-0.39, 0.29) is 17.7 Å². The van der Waals surface area contributed by atoms with E-state index in [1.165, 1.54) is 0 Å². The minimum Gasteiger partial charge on any atom is -0.497 e. The van der Waals surface area contributed by atoms with Crippen LogP contribution in [0.2, 0.25) is 0 Å². The Kier molecular flexibility index (Phi) is 5.61. The molecule has 0 spiro atoms. The van der Waals surface area contributed by atoms with Crippen LogP contribution in [-0.2, 0) is 15.8 Å². The molecule has 6 heteroatoms. The molecular formula is C15H24N2O3S. The van der Waals surface area contributed by atoms with Crippen LogP contribution < -0.4 is 15.2 Å². The highest BCUT2D eigenvalue weighted by molar-refractivity contribution is 7.88. The van der Waals surface area contributed by atoms with Crippen LogP contribution in [-0.4, -0.2) is 28.1 Å². The van der Waals surface area contributed by atoms with Gasteiger partial charge in [0, 0.05) is 6.04 Å². The maximum Gasteiger partial charge on any atom is 0.216 e. The van der Waals surface area contributed by atoms with Crippen molar-refractivity contribution in [1.82, 2.24) is 4.72 Å². The van der Waals surface area contributed by atoms with E-state index in [0.717, 1.165) is 31.2 Å². The van der Waals surface area contributed by atoms with E-state index in [4.69, 9.17) is 10.5 Å². The summed E-state index contributed by atoms with van der Waals surface area (Å²) in [4.78, 5) is 0. The fourth-order valence-corrected chi connectivity index (χ4v) is 4.37. The van der Waals surface area contributed by atoms with Gasteiger partial charge in [-0.1, -0.05) is 25.0 Å². The molecule has 2 rings (SSSR count). The molecule has 0 heterocycles. The number of nitrogens with one attached hydrogen (secondary N) is 1. The fraction of sp³-hybridized carbons (Fsp3) is 0.600. The molecule has 0 radical (unpaired) electrons. The number of hydrogen-bond acceptors (Lipinski definition) is 4. The topological polar surface area (TPSA) is 81.4 Å². The van der Waals surface area contributed by atoms with E-state index in [9.17, 15) is 8.42 Å². The molecule has 1 aliphatic rings. The van der Waals surface area contributed by atoms with Gasteiger partial charge in [-0.2, -0.15) is 0 Å². The van der Waals surface area contributed by atoms with Gasteiger partial charge in [0.05, 0.1) is 12.9 Å². The van der Waals surface area contributed by atoms with E-state index >= 15 is 0 Å². The molecule has 0 amide bonds. The van der Waals surface area contributed by atoms with Crippen LogP contribution >= 0.6 is 0 Å². The predicted molar refractivity (Wildman–Crippen MR) is 83.6 cm³/mol. The molecule has 1 aliphatic carbocycles. The molecule has 0 bridgehead atoms. The zero-order valence-electron chi connectivity index (χ0n) is 12.4. The lowest BCUT2D eigenvalue weighted by Gasteiger charge is -2.31. The first kappa shape index (κ1) is 16.3. The lowest BCUT2D eigenvalue weighted by Crippen LogP contribution is -2.45. The van der Waals surface area contributed by atoms with Crippen LogP contribution in [0.1, 0.15) is 31.2 Å². The summed E-state index contributed by atoms with van der Waals surface area (Å²) >= 11 is 0. The number of methoxy groups -OCH3 is 1. The van der Waals surface area contributed by atoms with Gasteiger partial charge in [-0.3, -0.25) is 0 Å². The van der Waals surface area contributed by atoms with Crippen molar-refractivity contribution in [1.29, 1.82) is 0 Å². The molecule has 0 aliphatic heterocycles. The smallest absolute Gasteiger partial charge is 0.216 e. The summed E-state index contributed by atoms with van der Waals surface area (Å²) in [6, 6.07) is 7.12. The molecule has 2 atom stereocenters. The number of nitrogens with two attached hydrogens (primary N) is 1. The van der Waals surface area contributed by atoms with E-state index in [2.05, 4.69) is 4.72 Å². The number of hydrogen-bond donors (Lipinski definition) is 2. The van der Waals surface area contributed by atoms with Crippen LogP contribution in [0.4, 0.5) is 0 Å². The molecular weight excluding hydrogens is 288 g/mol. The van der Waals surface area contributed by atoms with Gasteiger partial charge in [0.15, 0.2) is 0 Å². The average molecular weight is 312 g/mol. The Morgan fingerprint density at radius 2 is 2.10 bits per heavy atom. The van der Waals surface area contributed by atoms with Crippen molar-refractivity contribution >= 4 is 10.0 Å². The molecule has 3 N–H and O–H groups in total. The van der Waals surface area contributed by atoms with E-state index in [1.807, 2.05) is 0 Å². The number of sulfonamides is 1. The Labute approximate surface area is 126 Å². The Bertz CT molecular complexity index is 560. The quantitative estimate of drug-likeness (QED) is 0.836. The Morgan fingerprint density at radius 3 is 2.81 bits per heavy atom. The van der Waals surface area contributed by atoms with E-state index in [1.54, 1.807) is 31.4 Å². The fourth-order valence-electron chi connectivity index (χ4n) is 2.90. The lowest BCUT2D eigenvalue weighted by molar-refractivity contribution is 0.296. The van der Waals surface area contributed by atoms with Crippen LogP contribution in [0.3, 0.4) is 0 Å². The Morgan fingerprint density at radius 1 is 1.33 bits per heavy atom. The minimum atomic E-state index is -3.36. The maximum atomic E-state index is 12.3. The van der Waals surface area contributed by atoms with Crippen LogP contribution in [0.15, 0.2) is 24.3 Å². The SMILES string of the molecule is COc1cccc(CS(=O)(=O)N[C@@H]2CCCC[C@@H]2CN)c1. The first-order chi connectivity index (χ1) is 10.0. The molecule has 1 aromatic rings. The second-order valence-electron chi connectivity index (χ2n) is 5.62. The highest BCUT2D eigenvalue weighted by Crippen LogP contribution is 2.24. The summed E-state index contributed by atoms with van der Waals surface area (Å²) in [5.74, 6) is 0.886. The molecule has 0 aromatic heterocycles. The monoisotopic (exact) mass is 312 g/mol. The average Bonchev–Trinajstić information content (AvgIpc) is 2.47. The number of benzene rings is 1. The summed E-state index contributed by atoms with van der Waals surface area (Å²) in [7, 11) is -1.79. The standard InChI is InChI=1S/C15H24N2O3S/c1-20-14-7-4-5-12(9-14)11-21(18,19)17-15-8-3-2-6-13(15)10-16/h4-5,7,9,13,15,17H,2-3,6,8,10-11,16H2,1H3/t13-,15-/m1/s1. The highest BCUT2D eigenvalue weighted by Gasteiger charge is 2.27. The third-order valence-corrected chi connectivity index (χ3v) is 5.41. The van der Waals surface area contributed by atoms with Crippen molar-refractivity contribution < 1.29 is 13.2 Å². The first-order valence-electron chi connectivity index (χ1n) is 7.37. The summed E-state index contributed by atoms with van der Waals surface area (Å²) in [6.07, 6.45) is 4.07. The van der Waals surface area contributed by atoms with Crippen LogP contribution in [0, 0.1) is 5.92 Å². The van der Waals surface area contributed by atoms with Crippen molar-refractivity contribution in [2.24, 2.45) is 11.7 Å². The zero-order chi connectivity index (χ0) is 15.3. The second kappa shape index (κ2) is 7.24. The van der Waals surface area contributed by atoms with Crippen molar-refractivity contribution in [3.8, 4) is 5.75 Å². The van der Waals surface area contributed by atoms with Gasteiger partial charge >= 0.3 is 0 Å². The van der Waals surface area contributed by atoms with Crippen LogP contribution in [0.25, 0.3) is 0 Å². The first-order valence-corrected chi connectivity index (χ1v) is 9.02. The summed E-state index contributed by atoms with van der Waals surface area (Å²) in [5.41, 5.74) is 6.48. The molecule has 0 unspecified atom stereocenters. The molecule has 5 nitrogen and oxygen atoms in total. The van der Waals surface area contributed by atoms with Crippen molar-refractivity contribution in [2.75, 3.05) is 13.7 Å². The molecule has 1 fully saturated rings. The predicted octanol–water partition coefficient (Wildman–Crippen LogP) is 1.63. The number of rotatable bonds is 6. The van der Waals surface area contributed by atoms with Gasteiger partial charge < -0.3 is 10.5 Å². The second-order valence-corrected chi connectivity index (χ2v) is 7.37. The maximum absolute atomic E-state index is 12.3. The van der Waals surface area contributed by atoms with E-state index < -0.39 is 10.0 Å². The van der Waals surface area contributed by atoms with Gasteiger partial charge in [0.1, 0.15) is 5.75 Å². The van der Waals surface area contributed by atoms with Crippen LogP contribution in [0.5, 0.6) is 5.75 Å². The van der Waals surface area contributed by atoms with Gasteiger partial charge in [-0.05, 0) is 43.0 Å². The molecule has 21 heavy (non-hydrogen) atoms. The van der Waals surface area contributed by atoms with Crippen molar-refractivity contribution in [3.63, 3.8) is 0 Å². The summed E-state index contributed by atoms with van der Waals surface area (Å²) < 4.78 is 32.6. The van der Waals surface area contributed by atoms with Gasteiger partial charge in [-0.25, -0.2) is 13.1 Å². The van der Waals surface area contributed by atoms with Crippen molar-refractivity contribution in [2.45, 2.75) is 37.5 Å². The number of ether oxygens (including phenoxy) is 1. The summed E-state index contributed by atoms with van der Waals surface area (Å²) in [5, 5.41) is 0. The lowest BCUT2D eigenvalue weighted by atomic mass is 9.85. The van der Waals surface area contributed by atoms with Gasteiger partial charge in [-0.15, -0.1) is 0 Å². The molecule has 118 valence electrons. The van der Waals surface area contributed by atoms with Gasteiger partial charge in [0.2, 0.25) is 10.0 Å². The normalized spacial score (nSPS) is 23.0. The largest absolute Gasteiger partial charge is 0.497 e. The highest BCUT2D eigenvalue weighted by atomic mass is 32.2. The molecule has 1 saturated carbocycles. The Balaban J connectivity index is 2.03. The minimum absolute atomic E-state index is 0.0284. The van der Waals surface area contributed by atoms with Crippen molar-refractivity contribution in [3.05, 3.63) is 29.8 Å². The third kappa shape index (κ3) is 4.69. The Hall–Kier alpha value is -1.11. The zero-order valence-corrected chi connectivity index (χ0v) is 13.2. The van der Waals surface area contributed by atoms with E-state index in [0.29, 0.717) is 12.3 Å². The molecule has 1 aromatic carbocycles. The third-order valence-electron chi connectivity index (χ3n) is 4.03. The molecule has 0 saturated heterocycles. The summed E-state index contributed by atoms with van der Waals surface area (Å²) in [6.45, 7) is 0.534. The van der Waals surface area contributed by atoms with Gasteiger partial charge in [0.25, 0.3) is 0 Å².